The van der Waals surface area contributed by atoms with Crippen LogP contribution < -0.4 is 10.6 Å². The first-order valence-electron chi connectivity index (χ1n) is 16.2. The Bertz CT molecular complexity index is 1440. The van der Waals surface area contributed by atoms with Crippen molar-refractivity contribution < 1.29 is 19.2 Å². The number of hydrogen-bond donors (Lipinski definition) is 2. The lowest BCUT2D eigenvalue weighted by Gasteiger charge is -2.53. The van der Waals surface area contributed by atoms with E-state index in [1.165, 1.54) is 22.3 Å². The molecule has 5 aliphatic rings. The van der Waals surface area contributed by atoms with Gasteiger partial charge in [0.2, 0.25) is 11.8 Å². The molecule has 1 aliphatic heterocycles. The summed E-state index contributed by atoms with van der Waals surface area (Å²) in [5, 5.41) is 10.8. The first kappa shape index (κ1) is 28.3. The molecule has 2 amide bonds. The SMILES string of the molecule is C[C@]12CC/C(=N/OCCNC(=O)CC3c4ccccc4-c4ccccc43)CC1NC(=O)C[C@@H]1[C@@H]2CC[C@]2(C)C(=O)CC[C@@H]12. The molecule has 43 heavy (non-hydrogen) atoms. The maximum absolute atomic E-state index is 13.1. The number of carbonyl (C=O) groups excluding carboxylic acids is 3. The molecule has 0 radical (unpaired) electrons. The van der Waals surface area contributed by atoms with Gasteiger partial charge in [-0.25, -0.2) is 0 Å². The monoisotopic (exact) mass is 581 g/mol. The molecule has 1 unspecified atom stereocenters. The fraction of sp³-hybridized carbons (Fsp3) is 0.556. The fourth-order valence-corrected chi connectivity index (χ4v) is 9.64. The molecule has 2 aromatic carbocycles. The maximum atomic E-state index is 13.1. The van der Waals surface area contributed by atoms with Crippen molar-refractivity contribution in [3.63, 3.8) is 0 Å². The van der Waals surface area contributed by atoms with E-state index in [2.05, 4.69) is 53.9 Å². The van der Waals surface area contributed by atoms with Gasteiger partial charge in [0.05, 0.1) is 12.3 Å². The van der Waals surface area contributed by atoms with Crippen molar-refractivity contribution in [3.05, 3.63) is 59.7 Å². The van der Waals surface area contributed by atoms with Crippen molar-refractivity contribution in [3.8, 4) is 11.1 Å². The summed E-state index contributed by atoms with van der Waals surface area (Å²) in [5.41, 5.74) is 5.58. The number of benzene rings is 2. The second kappa shape index (κ2) is 10.9. The average molecular weight is 582 g/mol. The highest BCUT2D eigenvalue weighted by Gasteiger charge is 2.60. The van der Waals surface area contributed by atoms with E-state index in [0.29, 0.717) is 56.5 Å². The highest BCUT2D eigenvalue weighted by atomic mass is 16.6. The van der Waals surface area contributed by atoms with Crippen LogP contribution in [0, 0.1) is 28.6 Å². The van der Waals surface area contributed by atoms with Crippen LogP contribution in [0.25, 0.3) is 11.1 Å². The number of nitrogens with one attached hydrogen (secondary N) is 2. The highest BCUT2D eigenvalue weighted by molar-refractivity contribution is 5.89. The van der Waals surface area contributed by atoms with Crippen molar-refractivity contribution in [1.82, 2.24) is 10.6 Å². The lowest BCUT2D eigenvalue weighted by atomic mass is 9.51. The third-order valence-corrected chi connectivity index (χ3v) is 12.0. The number of hydrogen-bond acceptors (Lipinski definition) is 5. The molecule has 0 bridgehead atoms. The standard InChI is InChI=1S/C36H43N3O4/c1-35-15-13-22(19-31(35)38-34(42)21-28-29-11-12-32(40)36(29,2)16-14-30(28)35)39-43-18-17-37-33(41)20-27-25-9-5-3-7-23(25)24-8-4-6-10-26(24)27/h3-10,27-31H,11-21H2,1-2H3,(H,37,41)(H,38,42)/b39-22-/t28-,29-,30-,31?,35+,36-/m0/s1. The molecule has 1 heterocycles. The molecule has 3 saturated carbocycles. The molecule has 0 spiro atoms. The van der Waals surface area contributed by atoms with Gasteiger partial charge >= 0.3 is 0 Å². The van der Waals surface area contributed by atoms with Gasteiger partial charge in [0.15, 0.2) is 0 Å². The number of rotatable bonds is 6. The zero-order valence-electron chi connectivity index (χ0n) is 25.4. The van der Waals surface area contributed by atoms with Crippen molar-refractivity contribution in [1.29, 1.82) is 0 Å². The third-order valence-electron chi connectivity index (χ3n) is 12.0. The van der Waals surface area contributed by atoms with E-state index < -0.39 is 0 Å². The molecule has 4 fully saturated rings. The first-order valence-corrected chi connectivity index (χ1v) is 16.2. The largest absolute Gasteiger partial charge is 0.394 e. The van der Waals surface area contributed by atoms with Gasteiger partial charge < -0.3 is 15.5 Å². The Balaban J connectivity index is 0.932. The Hall–Kier alpha value is -3.48. The normalized spacial score (nSPS) is 33.9. The lowest BCUT2D eigenvalue weighted by molar-refractivity contribution is -0.133. The number of fused-ring (bicyclic) bond motifs is 8. The zero-order valence-corrected chi connectivity index (χ0v) is 25.4. The van der Waals surface area contributed by atoms with E-state index in [-0.39, 0.29) is 40.5 Å². The second-order valence-corrected chi connectivity index (χ2v) is 14.1. The fourth-order valence-electron chi connectivity index (χ4n) is 9.64. The van der Waals surface area contributed by atoms with Gasteiger partial charge in [0.25, 0.3) is 0 Å². The lowest BCUT2D eigenvalue weighted by Crippen LogP contribution is -2.54. The Morgan fingerprint density at radius 3 is 2.42 bits per heavy atom. The maximum Gasteiger partial charge on any atom is 0.221 e. The molecule has 0 aromatic heterocycles. The second-order valence-electron chi connectivity index (χ2n) is 14.1. The van der Waals surface area contributed by atoms with Gasteiger partial charge in [-0.2, -0.15) is 0 Å². The van der Waals surface area contributed by atoms with Crippen molar-refractivity contribution in [2.24, 2.45) is 33.7 Å². The number of ketones is 1. The Kier molecular flexibility index (Phi) is 7.18. The van der Waals surface area contributed by atoms with Crippen molar-refractivity contribution >= 4 is 23.3 Å². The number of carbonyl (C=O) groups is 3. The van der Waals surface area contributed by atoms with Crippen LogP contribution in [0.5, 0.6) is 0 Å². The summed E-state index contributed by atoms with van der Waals surface area (Å²) < 4.78 is 0. The van der Waals surface area contributed by atoms with Crippen molar-refractivity contribution in [2.45, 2.75) is 83.6 Å². The van der Waals surface area contributed by atoms with Crippen LogP contribution in [0.3, 0.4) is 0 Å². The van der Waals surface area contributed by atoms with Gasteiger partial charge in [-0.05, 0) is 77.5 Å². The summed E-state index contributed by atoms with van der Waals surface area (Å²) in [7, 11) is 0. The number of amides is 2. The summed E-state index contributed by atoms with van der Waals surface area (Å²) in [6.07, 6.45) is 7.00. The molecular weight excluding hydrogens is 538 g/mol. The minimum absolute atomic E-state index is 0.00413. The van der Waals surface area contributed by atoms with Gasteiger partial charge in [-0.1, -0.05) is 67.5 Å². The molecular formula is C36H43N3O4. The van der Waals surface area contributed by atoms with Gasteiger partial charge in [-0.15, -0.1) is 0 Å². The molecule has 6 atom stereocenters. The number of nitrogens with zero attached hydrogens (tertiary/aromatic N) is 1. The molecule has 4 aliphatic carbocycles. The minimum Gasteiger partial charge on any atom is -0.394 e. The first-order chi connectivity index (χ1) is 20.8. The predicted molar refractivity (Wildman–Crippen MR) is 165 cm³/mol. The smallest absolute Gasteiger partial charge is 0.221 e. The van der Waals surface area contributed by atoms with Crippen LogP contribution in [0.15, 0.2) is 53.7 Å². The van der Waals surface area contributed by atoms with E-state index in [1.54, 1.807) is 0 Å². The van der Waals surface area contributed by atoms with E-state index in [9.17, 15) is 14.4 Å². The van der Waals surface area contributed by atoms with Crippen LogP contribution in [0.2, 0.25) is 0 Å². The van der Waals surface area contributed by atoms with Crippen LogP contribution in [0.1, 0.15) is 88.7 Å². The van der Waals surface area contributed by atoms with Crippen LogP contribution in [0.4, 0.5) is 0 Å². The minimum atomic E-state index is -0.242. The predicted octanol–water partition coefficient (Wildman–Crippen LogP) is 5.77. The topological polar surface area (TPSA) is 96.9 Å². The zero-order chi connectivity index (χ0) is 29.8. The Labute approximate surface area is 254 Å². The van der Waals surface area contributed by atoms with Crippen LogP contribution >= 0.6 is 0 Å². The average Bonchev–Trinajstić information content (AvgIpc) is 3.44. The summed E-state index contributed by atoms with van der Waals surface area (Å²) >= 11 is 0. The van der Waals surface area contributed by atoms with E-state index in [1.807, 2.05) is 24.3 Å². The molecule has 2 aromatic rings. The summed E-state index contributed by atoms with van der Waals surface area (Å²) in [5.74, 6) is 1.64. The van der Waals surface area contributed by atoms with Crippen molar-refractivity contribution in [2.75, 3.05) is 13.2 Å². The number of oxime groups is 1. The van der Waals surface area contributed by atoms with Crippen LogP contribution in [-0.4, -0.2) is 42.5 Å². The Morgan fingerprint density at radius 2 is 1.67 bits per heavy atom. The van der Waals surface area contributed by atoms with Gasteiger partial charge in [0, 0.05) is 43.1 Å². The van der Waals surface area contributed by atoms with Gasteiger partial charge in [-0.3, -0.25) is 14.4 Å². The third kappa shape index (κ3) is 4.79. The van der Waals surface area contributed by atoms with Gasteiger partial charge in [0.1, 0.15) is 12.4 Å². The summed E-state index contributed by atoms with van der Waals surface area (Å²) in [6.45, 7) is 5.21. The van der Waals surface area contributed by atoms with Crippen LogP contribution in [-0.2, 0) is 19.2 Å². The Morgan fingerprint density at radius 1 is 0.953 bits per heavy atom. The van der Waals surface area contributed by atoms with E-state index in [0.717, 1.165) is 37.8 Å². The molecule has 7 heteroatoms. The molecule has 2 N–H and O–H groups in total. The molecule has 1 saturated heterocycles. The summed E-state index contributed by atoms with van der Waals surface area (Å²) in [4.78, 5) is 44.5. The quantitative estimate of drug-likeness (QED) is 0.335. The van der Waals surface area contributed by atoms with E-state index >= 15 is 0 Å². The number of Topliss-reactive ketones (excluding diaryl/α,β-unsaturated/α-hetero) is 1. The molecule has 7 nitrogen and oxygen atoms in total. The van der Waals surface area contributed by atoms with E-state index in [4.69, 9.17) is 4.84 Å². The molecule has 7 rings (SSSR count). The highest BCUT2D eigenvalue weighted by Crippen LogP contribution is 2.61. The molecule has 226 valence electrons. The summed E-state index contributed by atoms with van der Waals surface area (Å²) in [6, 6.07) is 16.7.